The van der Waals surface area contributed by atoms with E-state index in [1.165, 1.54) is 31.2 Å². The normalized spacial score (nSPS) is 12.5. The van der Waals surface area contributed by atoms with Crippen molar-refractivity contribution in [3.8, 4) is 5.75 Å². The van der Waals surface area contributed by atoms with Crippen LogP contribution in [-0.4, -0.2) is 20.4 Å². The van der Waals surface area contributed by atoms with Gasteiger partial charge in [0.05, 0.1) is 4.90 Å². The van der Waals surface area contributed by atoms with Crippen LogP contribution in [-0.2, 0) is 14.8 Å². The van der Waals surface area contributed by atoms with Gasteiger partial charge in [0.2, 0.25) is 0 Å². The first-order chi connectivity index (χ1) is 12.8. The summed E-state index contributed by atoms with van der Waals surface area (Å²) in [5.41, 5.74) is 2.16. The van der Waals surface area contributed by atoms with Crippen LogP contribution in [0, 0.1) is 0 Å². The predicted octanol–water partition coefficient (Wildman–Crippen LogP) is 3.27. The van der Waals surface area contributed by atoms with Gasteiger partial charge in [0, 0.05) is 5.02 Å². The monoisotopic (exact) mass is 404 g/mol. The lowest BCUT2D eigenvalue weighted by Gasteiger charge is -2.15. The van der Waals surface area contributed by atoms with E-state index in [0.717, 1.165) is 10.8 Å². The minimum atomic E-state index is -3.90. The number of sulfonamides is 1. The molecule has 0 bridgehead atoms. The highest BCUT2D eigenvalue weighted by atomic mass is 35.5. The Morgan fingerprint density at radius 2 is 1.67 bits per heavy atom. The smallest absolute Gasteiger partial charge is 0.275 e. The van der Waals surface area contributed by atoms with Gasteiger partial charge < -0.3 is 4.74 Å². The van der Waals surface area contributed by atoms with Crippen LogP contribution in [0.3, 0.4) is 0 Å². The molecule has 0 heterocycles. The number of benzene rings is 3. The molecule has 0 aliphatic rings. The van der Waals surface area contributed by atoms with E-state index in [1.807, 2.05) is 41.2 Å². The van der Waals surface area contributed by atoms with E-state index in [4.69, 9.17) is 16.3 Å². The van der Waals surface area contributed by atoms with Crippen LogP contribution in [0.2, 0.25) is 5.02 Å². The van der Waals surface area contributed by atoms with Gasteiger partial charge in [-0.1, -0.05) is 41.9 Å². The van der Waals surface area contributed by atoms with Gasteiger partial charge in [-0.2, -0.15) is 0 Å². The fourth-order valence-electron chi connectivity index (χ4n) is 2.39. The lowest BCUT2D eigenvalue weighted by Crippen LogP contribution is -2.47. The van der Waals surface area contributed by atoms with Crippen LogP contribution in [0.5, 0.6) is 5.75 Å². The van der Waals surface area contributed by atoms with Crippen LogP contribution >= 0.6 is 11.6 Å². The summed E-state index contributed by atoms with van der Waals surface area (Å²) >= 11 is 5.74. The molecule has 2 N–H and O–H groups in total. The first kappa shape index (κ1) is 19.2. The predicted molar refractivity (Wildman–Crippen MR) is 104 cm³/mol. The quantitative estimate of drug-likeness (QED) is 0.617. The lowest BCUT2D eigenvalue weighted by molar-refractivity contribution is -0.127. The molecule has 0 saturated carbocycles. The molecular weight excluding hydrogens is 388 g/mol. The zero-order valence-corrected chi connectivity index (χ0v) is 15.9. The molecule has 1 amide bonds. The third kappa shape index (κ3) is 4.77. The average molecular weight is 405 g/mol. The van der Waals surface area contributed by atoms with Crippen molar-refractivity contribution in [2.45, 2.75) is 17.9 Å². The number of halogens is 1. The second-order valence-corrected chi connectivity index (χ2v) is 7.94. The van der Waals surface area contributed by atoms with Crippen molar-refractivity contribution in [3.05, 3.63) is 71.8 Å². The SMILES string of the molecule is C[C@@H](Oc1ccc2ccccc2c1)C(=O)NNS(=O)(=O)c1ccc(Cl)cc1. The van der Waals surface area contributed by atoms with Crippen molar-refractivity contribution in [2.24, 2.45) is 0 Å². The fourth-order valence-corrected chi connectivity index (χ4v) is 3.36. The van der Waals surface area contributed by atoms with Crippen molar-refractivity contribution in [1.82, 2.24) is 10.3 Å². The zero-order chi connectivity index (χ0) is 19.4. The summed E-state index contributed by atoms with van der Waals surface area (Å²) in [5.74, 6) is -0.113. The lowest BCUT2D eigenvalue weighted by atomic mass is 10.1. The molecule has 0 aliphatic heterocycles. The third-order valence-corrected chi connectivity index (χ3v) is 5.35. The number of nitrogens with one attached hydrogen (secondary N) is 2. The number of rotatable bonds is 6. The minimum Gasteiger partial charge on any atom is -0.481 e. The van der Waals surface area contributed by atoms with Gasteiger partial charge in [-0.3, -0.25) is 10.2 Å². The van der Waals surface area contributed by atoms with Crippen molar-refractivity contribution >= 4 is 38.3 Å². The van der Waals surface area contributed by atoms with E-state index < -0.39 is 22.0 Å². The maximum absolute atomic E-state index is 12.2. The molecule has 1 atom stereocenters. The molecule has 0 radical (unpaired) electrons. The number of carbonyl (C=O) groups is 1. The molecule has 0 unspecified atom stereocenters. The molecule has 3 rings (SSSR count). The second kappa shape index (κ2) is 7.96. The molecule has 8 heteroatoms. The van der Waals surface area contributed by atoms with E-state index in [9.17, 15) is 13.2 Å². The van der Waals surface area contributed by atoms with Crippen LogP contribution in [0.1, 0.15) is 6.92 Å². The number of fused-ring (bicyclic) bond motifs is 1. The molecule has 0 aromatic heterocycles. The Hall–Kier alpha value is -2.61. The molecule has 3 aromatic carbocycles. The van der Waals surface area contributed by atoms with Crippen LogP contribution in [0.4, 0.5) is 0 Å². The van der Waals surface area contributed by atoms with E-state index in [-0.39, 0.29) is 4.90 Å². The van der Waals surface area contributed by atoms with Crippen molar-refractivity contribution in [3.63, 3.8) is 0 Å². The summed E-state index contributed by atoms with van der Waals surface area (Å²) in [5, 5.41) is 2.44. The Labute approximate surface area is 162 Å². The van der Waals surface area contributed by atoms with E-state index in [2.05, 4.69) is 5.43 Å². The Balaban J connectivity index is 1.62. The first-order valence-corrected chi connectivity index (χ1v) is 9.94. The molecule has 140 valence electrons. The highest BCUT2D eigenvalue weighted by Crippen LogP contribution is 2.21. The number of carbonyl (C=O) groups excluding carboxylic acids is 1. The zero-order valence-electron chi connectivity index (χ0n) is 14.3. The summed E-state index contributed by atoms with van der Waals surface area (Å²) in [6.07, 6.45) is -0.904. The number of hydrogen-bond acceptors (Lipinski definition) is 4. The number of hydrazine groups is 1. The molecule has 0 aliphatic carbocycles. The Morgan fingerprint density at radius 3 is 2.37 bits per heavy atom. The maximum Gasteiger partial charge on any atom is 0.275 e. The summed E-state index contributed by atoms with van der Waals surface area (Å²) in [6, 6.07) is 18.8. The van der Waals surface area contributed by atoms with Gasteiger partial charge >= 0.3 is 0 Å². The van der Waals surface area contributed by atoms with Crippen LogP contribution in [0.25, 0.3) is 10.8 Å². The number of amides is 1. The van der Waals surface area contributed by atoms with Gasteiger partial charge in [0.15, 0.2) is 6.10 Å². The Morgan fingerprint density at radius 1 is 1.00 bits per heavy atom. The van der Waals surface area contributed by atoms with Crippen molar-refractivity contribution < 1.29 is 17.9 Å². The number of ether oxygens (including phenoxy) is 1. The second-order valence-electron chi connectivity index (χ2n) is 5.82. The molecule has 0 saturated heterocycles. The van der Waals surface area contributed by atoms with E-state index in [1.54, 1.807) is 6.07 Å². The summed E-state index contributed by atoms with van der Waals surface area (Å²) in [6.45, 7) is 1.53. The van der Waals surface area contributed by atoms with Gasteiger partial charge in [-0.25, -0.2) is 8.42 Å². The fraction of sp³-hybridized carbons (Fsp3) is 0.105. The summed E-state index contributed by atoms with van der Waals surface area (Å²) < 4.78 is 29.9. The van der Waals surface area contributed by atoms with Crippen LogP contribution < -0.4 is 15.0 Å². The Bertz CT molecular complexity index is 1070. The first-order valence-electron chi connectivity index (χ1n) is 8.08. The summed E-state index contributed by atoms with van der Waals surface area (Å²) in [4.78, 5) is 14.2. The molecule has 0 fully saturated rings. The number of hydrogen-bond donors (Lipinski definition) is 2. The van der Waals surface area contributed by atoms with Gasteiger partial charge in [-0.05, 0) is 54.1 Å². The molecule has 3 aromatic rings. The largest absolute Gasteiger partial charge is 0.481 e. The van der Waals surface area contributed by atoms with Crippen LogP contribution in [0.15, 0.2) is 71.6 Å². The highest BCUT2D eigenvalue weighted by Gasteiger charge is 2.19. The highest BCUT2D eigenvalue weighted by molar-refractivity contribution is 7.89. The molecular formula is C19H17ClN2O4S. The molecule has 0 spiro atoms. The molecule has 6 nitrogen and oxygen atoms in total. The van der Waals surface area contributed by atoms with Gasteiger partial charge in [-0.15, -0.1) is 4.83 Å². The van der Waals surface area contributed by atoms with Gasteiger partial charge in [0.25, 0.3) is 15.9 Å². The van der Waals surface area contributed by atoms with E-state index >= 15 is 0 Å². The standard InChI is InChI=1S/C19H17ClN2O4S/c1-13(26-17-9-6-14-4-2-3-5-15(14)12-17)19(23)21-22-27(24,25)18-10-7-16(20)8-11-18/h2-13,22H,1H3,(H,21,23)/t13-/m1/s1. The Kier molecular flexibility index (Phi) is 5.65. The minimum absolute atomic E-state index is 0.0182. The summed E-state index contributed by atoms with van der Waals surface area (Å²) in [7, 11) is -3.90. The van der Waals surface area contributed by atoms with E-state index in [0.29, 0.717) is 10.8 Å². The molecule has 27 heavy (non-hydrogen) atoms. The third-order valence-electron chi connectivity index (χ3n) is 3.84. The van der Waals surface area contributed by atoms with Gasteiger partial charge in [0.1, 0.15) is 5.75 Å². The maximum atomic E-state index is 12.2. The van der Waals surface area contributed by atoms with Crippen molar-refractivity contribution in [2.75, 3.05) is 0 Å². The topological polar surface area (TPSA) is 84.5 Å². The van der Waals surface area contributed by atoms with Crippen molar-refractivity contribution in [1.29, 1.82) is 0 Å². The average Bonchev–Trinajstić information content (AvgIpc) is 2.66.